The van der Waals surface area contributed by atoms with Crippen molar-refractivity contribution in [2.24, 2.45) is 0 Å². The first-order chi connectivity index (χ1) is 18.6. The molecule has 0 fully saturated rings. The van der Waals surface area contributed by atoms with Gasteiger partial charge in [0.15, 0.2) is 0 Å². The summed E-state index contributed by atoms with van der Waals surface area (Å²) in [4.78, 5) is 1.32. The molecule has 6 aromatic carbocycles. The molecule has 0 bridgehead atoms. The predicted molar refractivity (Wildman–Crippen MR) is 165 cm³/mol. The van der Waals surface area contributed by atoms with Crippen LogP contribution in [0.4, 0.5) is 0 Å². The van der Waals surface area contributed by atoms with Gasteiger partial charge < -0.3 is 0 Å². The largest absolute Gasteiger partial charge is 0.144 e. The Kier molecular flexibility index (Phi) is 4.54. The zero-order valence-corrected chi connectivity index (χ0v) is 22.3. The van der Waals surface area contributed by atoms with Gasteiger partial charge in [-0.25, -0.2) is 0 Å². The Bertz CT molecular complexity index is 1980. The number of benzene rings is 6. The summed E-state index contributed by atoms with van der Waals surface area (Å²) in [5.74, 6) is 0. The van der Waals surface area contributed by atoms with Crippen LogP contribution < -0.4 is 0 Å². The summed E-state index contributed by atoms with van der Waals surface area (Å²) in [5.41, 5.74) is 9.54. The molecule has 0 radical (unpaired) electrons. The van der Waals surface area contributed by atoms with Crippen molar-refractivity contribution in [2.75, 3.05) is 0 Å². The van der Waals surface area contributed by atoms with Crippen molar-refractivity contribution in [3.8, 4) is 32.7 Å². The van der Waals surface area contributed by atoms with Crippen molar-refractivity contribution in [3.05, 3.63) is 132 Å². The van der Waals surface area contributed by atoms with E-state index in [4.69, 9.17) is 0 Å². The van der Waals surface area contributed by atoms with E-state index in [1.165, 1.54) is 76.1 Å². The minimum absolute atomic E-state index is 0.0623. The first kappa shape index (κ1) is 21.8. The van der Waals surface area contributed by atoms with Crippen molar-refractivity contribution < 1.29 is 0 Å². The lowest BCUT2D eigenvalue weighted by Crippen LogP contribution is -2.15. The highest BCUT2D eigenvalue weighted by atomic mass is 32.1. The van der Waals surface area contributed by atoms with Crippen LogP contribution >= 0.6 is 11.3 Å². The van der Waals surface area contributed by atoms with Crippen molar-refractivity contribution in [1.29, 1.82) is 0 Å². The molecule has 38 heavy (non-hydrogen) atoms. The monoisotopic (exact) mass is 502 g/mol. The van der Waals surface area contributed by atoms with E-state index < -0.39 is 0 Å². The first-order valence-corrected chi connectivity index (χ1v) is 14.2. The second-order valence-electron chi connectivity index (χ2n) is 10.9. The van der Waals surface area contributed by atoms with Crippen molar-refractivity contribution in [1.82, 2.24) is 0 Å². The maximum atomic E-state index is 2.51. The highest BCUT2D eigenvalue weighted by Crippen LogP contribution is 2.54. The van der Waals surface area contributed by atoms with Gasteiger partial charge in [0, 0.05) is 15.9 Å². The van der Waals surface area contributed by atoms with E-state index in [-0.39, 0.29) is 5.41 Å². The van der Waals surface area contributed by atoms with Gasteiger partial charge in [0.2, 0.25) is 0 Å². The molecule has 180 valence electrons. The zero-order valence-electron chi connectivity index (χ0n) is 21.5. The summed E-state index contributed by atoms with van der Waals surface area (Å²) in [6.07, 6.45) is 0. The van der Waals surface area contributed by atoms with Crippen LogP contribution in [0.1, 0.15) is 25.0 Å². The molecule has 1 heteroatoms. The number of hydrogen-bond acceptors (Lipinski definition) is 1. The first-order valence-electron chi connectivity index (χ1n) is 13.3. The van der Waals surface area contributed by atoms with E-state index in [0.29, 0.717) is 0 Å². The minimum atomic E-state index is -0.0623. The number of thiophene rings is 1. The van der Waals surface area contributed by atoms with Gasteiger partial charge in [0.25, 0.3) is 0 Å². The second kappa shape index (κ2) is 7.90. The SMILES string of the molecule is CC1(C)c2ccccc2-c2c1cc(-c1c3ccccc3c(-c3cccs3)c3ccccc13)c1ccccc21. The molecule has 0 spiro atoms. The molecule has 0 atom stereocenters. The van der Waals surface area contributed by atoms with Crippen LogP contribution in [0, 0.1) is 0 Å². The smallest absolute Gasteiger partial charge is 0.0355 e. The molecule has 1 aliphatic carbocycles. The van der Waals surface area contributed by atoms with Crippen LogP contribution in [0.2, 0.25) is 0 Å². The molecule has 0 saturated carbocycles. The van der Waals surface area contributed by atoms with Gasteiger partial charge in [-0.1, -0.05) is 117 Å². The van der Waals surface area contributed by atoms with Crippen LogP contribution in [-0.2, 0) is 5.41 Å². The minimum Gasteiger partial charge on any atom is -0.144 e. The van der Waals surface area contributed by atoms with Gasteiger partial charge in [0.05, 0.1) is 0 Å². The van der Waals surface area contributed by atoms with Gasteiger partial charge in [0.1, 0.15) is 0 Å². The molecule has 1 aliphatic rings. The summed E-state index contributed by atoms with van der Waals surface area (Å²) in [6, 6.07) is 42.9. The molecule has 0 amide bonds. The third-order valence-electron chi connectivity index (χ3n) is 8.56. The summed E-state index contributed by atoms with van der Waals surface area (Å²) in [7, 11) is 0. The Morgan fingerprint density at radius 1 is 0.447 bits per heavy atom. The van der Waals surface area contributed by atoms with Crippen molar-refractivity contribution in [3.63, 3.8) is 0 Å². The zero-order chi connectivity index (χ0) is 25.4. The Morgan fingerprint density at radius 2 is 0.974 bits per heavy atom. The van der Waals surface area contributed by atoms with E-state index in [1.54, 1.807) is 0 Å². The van der Waals surface area contributed by atoms with Gasteiger partial charge in [-0.15, -0.1) is 11.3 Å². The van der Waals surface area contributed by atoms with Gasteiger partial charge in [-0.05, 0) is 83.2 Å². The van der Waals surface area contributed by atoms with Gasteiger partial charge >= 0.3 is 0 Å². The fourth-order valence-electron chi connectivity index (χ4n) is 6.86. The number of hydrogen-bond donors (Lipinski definition) is 0. The summed E-state index contributed by atoms with van der Waals surface area (Å²) in [5, 5.41) is 10.1. The van der Waals surface area contributed by atoms with Crippen molar-refractivity contribution in [2.45, 2.75) is 19.3 Å². The molecular formula is C37H26S. The quantitative estimate of drug-likeness (QED) is 0.206. The van der Waals surface area contributed by atoms with Crippen LogP contribution in [-0.4, -0.2) is 0 Å². The molecule has 1 aromatic heterocycles. The molecule has 0 saturated heterocycles. The lowest BCUT2D eigenvalue weighted by Gasteiger charge is -2.24. The number of rotatable bonds is 2. The lowest BCUT2D eigenvalue weighted by atomic mass is 9.79. The Morgan fingerprint density at radius 3 is 1.58 bits per heavy atom. The Hall–Kier alpha value is -4.20. The molecule has 0 nitrogen and oxygen atoms in total. The van der Waals surface area contributed by atoms with Gasteiger partial charge in [-0.2, -0.15) is 0 Å². The van der Waals surface area contributed by atoms with E-state index in [1.807, 2.05) is 11.3 Å². The summed E-state index contributed by atoms with van der Waals surface area (Å²) >= 11 is 1.82. The summed E-state index contributed by atoms with van der Waals surface area (Å²) in [6.45, 7) is 4.76. The average molecular weight is 503 g/mol. The van der Waals surface area contributed by atoms with E-state index in [2.05, 4.69) is 134 Å². The Balaban J connectivity index is 1.58. The molecule has 0 N–H and O–H groups in total. The molecule has 7 aromatic rings. The fraction of sp³-hybridized carbons (Fsp3) is 0.0811. The van der Waals surface area contributed by atoms with E-state index in [9.17, 15) is 0 Å². The molecular weight excluding hydrogens is 476 g/mol. The molecule has 8 rings (SSSR count). The highest BCUT2D eigenvalue weighted by molar-refractivity contribution is 7.13. The second-order valence-corrected chi connectivity index (χ2v) is 11.8. The highest BCUT2D eigenvalue weighted by Gasteiger charge is 2.37. The predicted octanol–water partition coefficient (Wildman–Crippen LogP) is 10.8. The Labute approximate surface area is 226 Å². The van der Waals surface area contributed by atoms with E-state index in [0.717, 1.165) is 0 Å². The molecule has 0 aliphatic heterocycles. The van der Waals surface area contributed by atoms with E-state index >= 15 is 0 Å². The van der Waals surface area contributed by atoms with Gasteiger partial charge in [-0.3, -0.25) is 0 Å². The summed E-state index contributed by atoms with van der Waals surface area (Å²) < 4.78 is 0. The lowest BCUT2D eigenvalue weighted by molar-refractivity contribution is 0.661. The average Bonchev–Trinajstić information content (AvgIpc) is 3.57. The van der Waals surface area contributed by atoms with Crippen LogP contribution in [0.3, 0.4) is 0 Å². The van der Waals surface area contributed by atoms with Crippen LogP contribution in [0.25, 0.3) is 65.0 Å². The fourth-order valence-corrected chi connectivity index (χ4v) is 7.66. The number of fused-ring (bicyclic) bond motifs is 7. The normalized spacial score (nSPS) is 13.7. The third-order valence-corrected chi connectivity index (χ3v) is 9.44. The molecule has 0 unspecified atom stereocenters. The standard InChI is InChI=1S/C37H26S/c1-37(2)31-19-10-9-18-29(31)35-24-13-4-3-12-23(24)30(22-32(35)37)34-25-14-5-7-16-27(25)36(33-20-11-21-38-33)28-17-8-6-15-26(28)34/h3-22H,1-2H3. The topological polar surface area (TPSA) is 0 Å². The maximum Gasteiger partial charge on any atom is 0.0355 e. The van der Waals surface area contributed by atoms with Crippen LogP contribution in [0.5, 0.6) is 0 Å². The van der Waals surface area contributed by atoms with Crippen molar-refractivity contribution >= 4 is 43.7 Å². The molecule has 1 heterocycles. The maximum absolute atomic E-state index is 2.51. The third kappa shape index (κ3) is 2.85. The van der Waals surface area contributed by atoms with Crippen LogP contribution in [0.15, 0.2) is 121 Å².